The first-order chi connectivity index (χ1) is 9.47. The molecule has 20 heavy (non-hydrogen) atoms. The van der Waals surface area contributed by atoms with Crippen LogP contribution in [0.2, 0.25) is 0 Å². The fourth-order valence-electron chi connectivity index (χ4n) is 2.22. The first kappa shape index (κ1) is 15.2. The molecule has 0 aliphatic rings. The molecule has 1 N–H and O–H groups in total. The van der Waals surface area contributed by atoms with Gasteiger partial charge in [-0.05, 0) is 55.7 Å². The summed E-state index contributed by atoms with van der Waals surface area (Å²) in [6, 6.07) is 13.9. The van der Waals surface area contributed by atoms with Gasteiger partial charge in [0.25, 0.3) is 0 Å². The van der Waals surface area contributed by atoms with Gasteiger partial charge in [0.2, 0.25) is 0 Å². The molecule has 1 nitrogen and oxygen atoms in total. The maximum absolute atomic E-state index is 13.6. The lowest BCUT2D eigenvalue weighted by Gasteiger charge is -2.21. The molecule has 0 aliphatic carbocycles. The fourth-order valence-corrected chi connectivity index (χ4v) is 2.64. The van der Waals surface area contributed by atoms with Gasteiger partial charge in [0, 0.05) is 16.6 Å². The SMILES string of the molecule is Cc1ccc(C(C)N[C@@H](C)c2cccc(Br)c2)cc1F. The van der Waals surface area contributed by atoms with Crippen LogP contribution in [0, 0.1) is 12.7 Å². The van der Waals surface area contributed by atoms with Gasteiger partial charge in [0.15, 0.2) is 0 Å². The average molecular weight is 336 g/mol. The van der Waals surface area contributed by atoms with Crippen molar-refractivity contribution in [2.75, 3.05) is 0 Å². The van der Waals surface area contributed by atoms with Gasteiger partial charge < -0.3 is 5.32 Å². The summed E-state index contributed by atoms with van der Waals surface area (Å²) in [4.78, 5) is 0. The predicted octanol–water partition coefficient (Wildman–Crippen LogP) is 5.31. The highest BCUT2D eigenvalue weighted by molar-refractivity contribution is 9.10. The molecule has 1 unspecified atom stereocenters. The molecule has 0 aliphatic heterocycles. The molecule has 0 heterocycles. The number of nitrogens with one attached hydrogen (secondary N) is 1. The maximum atomic E-state index is 13.6. The largest absolute Gasteiger partial charge is 0.304 e. The van der Waals surface area contributed by atoms with Crippen LogP contribution in [0.15, 0.2) is 46.9 Å². The lowest BCUT2D eigenvalue weighted by atomic mass is 10.0. The Hall–Kier alpha value is -1.19. The van der Waals surface area contributed by atoms with E-state index in [0.717, 1.165) is 10.0 Å². The molecule has 2 atom stereocenters. The Kier molecular flexibility index (Phi) is 4.95. The average Bonchev–Trinajstić information content (AvgIpc) is 2.41. The normalized spacial score (nSPS) is 14.1. The van der Waals surface area contributed by atoms with Crippen molar-refractivity contribution in [3.63, 3.8) is 0 Å². The van der Waals surface area contributed by atoms with Gasteiger partial charge in [-0.1, -0.05) is 40.2 Å². The lowest BCUT2D eigenvalue weighted by molar-refractivity contribution is 0.491. The minimum absolute atomic E-state index is 0.0964. The van der Waals surface area contributed by atoms with E-state index >= 15 is 0 Å². The van der Waals surface area contributed by atoms with Crippen LogP contribution in [0.1, 0.15) is 42.6 Å². The number of hydrogen-bond acceptors (Lipinski definition) is 1. The van der Waals surface area contributed by atoms with Gasteiger partial charge >= 0.3 is 0 Å². The number of hydrogen-bond donors (Lipinski definition) is 1. The number of rotatable bonds is 4. The molecule has 0 saturated heterocycles. The smallest absolute Gasteiger partial charge is 0.126 e. The first-order valence-corrected chi connectivity index (χ1v) is 7.54. The van der Waals surface area contributed by atoms with E-state index in [9.17, 15) is 4.39 Å². The topological polar surface area (TPSA) is 12.0 Å². The maximum Gasteiger partial charge on any atom is 0.126 e. The summed E-state index contributed by atoms with van der Waals surface area (Å²) >= 11 is 3.48. The molecule has 0 amide bonds. The van der Waals surface area contributed by atoms with E-state index in [2.05, 4.69) is 47.2 Å². The van der Waals surface area contributed by atoms with Crippen molar-refractivity contribution >= 4 is 15.9 Å². The summed E-state index contributed by atoms with van der Waals surface area (Å²) in [6.45, 7) is 5.95. The minimum atomic E-state index is -0.147. The molecule has 3 heteroatoms. The Balaban J connectivity index is 2.10. The van der Waals surface area contributed by atoms with Gasteiger partial charge in [-0.15, -0.1) is 0 Å². The van der Waals surface area contributed by atoms with Crippen molar-refractivity contribution < 1.29 is 4.39 Å². The third-order valence-corrected chi connectivity index (χ3v) is 4.04. The second-order valence-corrected chi connectivity index (χ2v) is 6.09. The van der Waals surface area contributed by atoms with E-state index in [4.69, 9.17) is 0 Å². The summed E-state index contributed by atoms with van der Waals surface area (Å²) in [6.07, 6.45) is 0. The van der Waals surface area contributed by atoms with Crippen LogP contribution in [0.4, 0.5) is 4.39 Å². The standard InChI is InChI=1S/C17H19BrFN/c1-11-7-8-15(10-17(11)19)13(3)20-12(2)14-5-4-6-16(18)9-14/h4-10,12-13,20H,1-3H3/t12-,13?/m0/s1. The van der Waals surface area contributed by atoms with E-state index in [-0.39, 0.29) is 17.9 Å². The molecule has 2 rings (SSSR count). The number of halogens is 2. The molecule has 2 aromatic rings. The van der Waals surface area contributed by atoms with E-state index < -0.39 is 0 Å². The van der Waals surface area contributed by atoms with Crippen LogP contribution in [-0.4, -0.2) is 0 Å². The Morgan fingerprint density at radius 3 is 2.25 bits per heavy atom. The lowest BCUT2D eigenvalue weighted by Crippen LogP contribution is -2.22. The van der Waals surface area contributed by atoms with Crippen LogP contribution < -0.4 is 5.32 Å². The summed E-state index contributed by atoms with van der Waals surface area (Å²) in [5.41, 5.74) is 2.86. The summed E-state index contributed by atoms with van der Waals surface area (Å²) in [5.74, 6) is -0.147. The fraction of sp³-hybridized carbons (Fsp3) is 0.294. The van der Waals surface area contributed by atoms with Crippen molar-refractivity contribution in [3.8, 4) is 0 Å². The third kappa shape index (κ3) is 3.68. The van der Waals surface area contributed by atoms with E-state index in [1.165, 1.54) is 5.56 Å². The number of benzene rings is 2. The Bertz CT molecular complexity index is 597. The zero-order valence-electron chi connectivity index (χ0n) is 12.0. The highest BCUT2D eigenvalue weighted by Crippen LogP contribution is 2.22. The van der Waals surface area contributed by atoms with Gasteiger partial charge in [-0.2, -0.15) is 0 Å². The molecule has 0 radical (unpaired) electrons. The predicted molar refractivity (Wildman–Crippen MR) is 85.2 cm³/mol. The summed E-state index contributed by atoms with van der Waals surface area (Å²) in [5, 5.41) is 3.50. The molecule has 2 aromatic carbocycles. The van der Waals surface area contributed by atoms with Crippen molar-refractivity contribution in [1.29, 1.82) is 0 Å². The highest BCUT2D eigenvalue weighted by atomic mass is 79.9. The van der Waals surface area contributed by atoms with Gasteiger partial charge in [0.1, 0.15) is 5.82 Å². The van der Waals surface area contributed by atoms with Crippen molar-refractivity contribution in [2.24, 2.45) is 0 Å². The van der Waals surface area contributed by atoms with Crippen molar-refractivity contribution in [2.45, 2.75) is 32.9 Å². The van der Waals surface area contributed by atoms with Crippen LogP contribution >= 0.6 is 15.9 Å². The Morgan fingerprint density at radius 2 is 1.65 bits per heavy atom. The van der Waals surface area contributed by atoms with Gasteiger partial charge in [-0.3, -0.25) is 0 Å². The van der Waals surface area contributed by atoms with Gasteiger partial charge in [0.05, 0.1) is 0 Å². The minimum Gasteiger partial charge on any atom is -0.304 e. The van der Waals surface area contributed by atoms with Crippen LogP contribution in [-0.2, 0) is 0 Å². The second-order valence-electron chi connectivity index (χ2n) is 5.17. The van der Waals surface area contributed by atoms with E-state index in [1.54, 1.807) is 13.0 Å². The first-order valence-electron chi connectivity index (χ1n) is 6.75. The molecule has 0 bridgehead atoms. The molecule has 106 valence electrons. The van der Waals surface area contributed by atoms with Gasteiger partial charge in [-0.25, -0.2) is 4.39 Å². The molecular weight excluding hydrogens is 317 g/mol. The molecule has 0 spiro atoms. The molecule has 0 fully saturated rings. The highest BCUT2D eigenvalue weighted by Gasteiger charge is 2.12. The Morgan fingerprint density at radius 1 is 1.00 bits per heavy atom. The molecular formula is C17H19BrFN. The van der Waals surface area contributed by atoms with Crippen molar-refractivity contribution in [3.05, 3.63) is 69.4 Å². The monoisotopic (exact) mass is 335 g/mol. The van der Waals surface area contributed by atoms with Crippen LogP contribution in [0.3, 0.4) is 0 Å². The third-order valence-electron chi connectivity index (χ3n) is 3.54. The van der Waals surface area contributed by atoms with Crippen LogP contribution in [0.5, 0.6) is 0 Å². The zero-order valence-corrected chi connectivity index (χ0v) is 13.5. The van der Waals surface area contributed by atoms with Crippen LogP contribution in [0.25, 0.3) is 0 Å². The molecule has 0 saturated carbocycles. The van der Waals surface area contributed by atoms with Crippen molar-refractivity contribution in [1.82, 2.24) is 5.32 Å². The van der Waals surface area contributed by atoms with E-state index in [0.29, 0.717) is 5.56 Å². The zero-order chi connectivity index (χ0) is 14.7. The number of aryl methyl sites for hydroxylation is 1. The summed E-state index contributed by atoms with van der Waals surface area (Å²) in [7, 11) is 0. The summed E-state index contributed by atoms with van der Waals surface area (Å²) < 4.78 is 14.7. The van der Waals surface area contributed by atoms with E-state index in [1.807, 2.05) is 24.3 Å². The second kappa shape index (κ2) is 6.51. The Labute approximate surface area is 128 Å². The molecule has 0 aromatic heterocycles. The quantitative estimate of drug-likeness (QED) is 0.798.